The van der Waals surface area contributed by atoms with Gasteiger partial charge in [-0.3, -0.25) is 24.9 Å². The number of H-pyrrole nitrogens is 3. The van der Waals surface area contributed by atoms with Crippen molar-refractivity contribution in [3.8, 4) is 0 Å². The number of alkyl halides is 5. The third-order valence-corrected chi connectivity index (χ3v) is 20.1. The molecule has 2 amide bonds. The molecular formula is C70H79ClF5N21O2S3. The fourth-order valence-corrected chi connectivity index (χ4v) is 14.0. The number of aromatic nitrogens is 13. The number of benzene rings is 4. The lowest BCUT2D eigenvalue weighted by atomic mass is 9.91. The van der Waals surface area contributed by atoms with Crippen LogP contribution in [0, 0.1) is 32.6 Å². The van der Waals surface area contributed by atoms with Crippen LogP contribution in [0.25, 0.3) is 10.8 Å². The van der Waals surface area contributed by atoms with Gasteiger partial charge < -0.3 is 41.3 Å². The molecule has 0 radical (unpaired) electrons. The van der Waals surface area contributed by atoms with Gasteiger partial charge in [-0.05, 0) is 171 Å². The maximum Gasteiger partial charge on any atom is 0.405 e. The highest BCUT2D eigenvalue weighted by atomic mass is 35.5. The van der Waals surface area contributed by atoms with Gasteiger partial charge in [-0.1, -0.05) is 54.1 Å². The Morgan fingerprint density at radius 2 is 0.990 bits per heavy atom. The first-order chi connectivity index (χ1) is 49.1. The summed E-state index contributed by atoms with van der Waals surface area (Å²) in [5.41, 5.74) is 1.05. The second kappa shape index (κ2) is 29.5. The van der Waals surface area contributed by atoms with Crippen LogP contribution in [0.4, 0.5) is 80.1 Å². The van der Waals surface area contributed by atoms with Gasteiger partial charge in [0.1, 0.15) is 58.6 Å². The van der Waals surface area contributed by atoms with Crippen molar-refractivity contribution in [1.29, 1.82) is 0 Å². The van der Waals surface area contributed by atoms with E-state index in [0.29, 0.717) is 90.6 Å². The molecular weight excluding hydrogens is 1390 g/mol. The number of fused-ring (bicyclic) bond motifs is 1. The maximum absolute atomic E-state index is 15.0. The van der Waals surface area contributed by atoms with Crippen molar-refractivity contribution in [2.75, 3.05) is 81.8 Å². The zero-order valence-electron chi connectivity index (χ0n) is 55.1. The zero-order chi connectivity index (χ0) is 70.7. The summed E-state index contributed by atoms with van der Waals surface area (Å²) < 4.78 is 66.9. The summed E-state index contributed by atoms with van der Waals surface area (Å²) in [7, 11) is 0. The van der Waals surface area contributed by atoms with Crippen molar-refractivity contribution in [1.82, 2.24) is 70.8 Å². The van der Waals surface area contributed by atoms with Crippen molar-refractivity contribution in [3.05, 3.63) is 179 Å². The molecule has 3 saturated heterocycles. The molecule has 16 rings (SSSR count). The lowest BCUT2D eigenvalue weighted by molar-refractivity contribution is -0.123. The highest BCUT2D eigenvalue weighted by Gasteiger charge is 2.55. The van der Waals surface area contributed by atoms with E-state index in [0.717, 1.165) is 83.7 Å². The summed E-state index contributed by atoms with van der Waals surface area (Å²) in [6.07, 6.45) is 2.20. The summed E-state index contributed by atoms with van der Waals surface area (Å²) in [4.78, 5) is 65.4. The van der Waals surface area contributed by atoms with Crippen LogP contribution in [0.3, 0.4) is 0 Å². The molecule has 10 heterocycles. The topological polar surface area (TPSA) is 280 Å². The minimum Gasteiger partial charge on any atom is -0.356 e. The molecule has 32 heteroatoms. The Labute approximate surface area is 608 Å². The smallest absolute Gasteiger partial charge is 0.356 e. The summed E-state index contributed by atoms with van der Waals surface area (Å²) in [5, 5.41) is 39.9. The number of nitrogens with zero attached hydrogens (tertiary/aromatic N) is 13. The molecule has 536 valence electrons. The van der Waals surface area contributed by atoms with Gasteiger partial charge in [-0.25, -0.2) is 43.7 Å². The Kier molecular flexibility index (Phi) is 19.9. The average molecular weight is 1470 g/mol. The van der Waals surface area contributed by atoms with Crippen molar-refractivity contribution < 1.29 is 40.1 Å². The van der Waals surface area contributed by atoms with E-state index in [1.54, 1.807) is 54.7 Å². The first-order valence-electron chi connectivity index (χ1n) is 32.8. The molecule has 2 aliphatic carbocycles. The molecule has 8 N–H and O–H groups in total. The number of carbonyl (C=O) groups is 2. The number of aromatic amines is 3. The predicted octanol–water partition coefficient (Wildman–Crippen LogP) is 16.5. The second-order valence-corrected chi connectivity index (χ2v) is 29.0. The molecule has 3 aliphatic heterocycles. The van der Waals surface area contributed by atoms with Gasteiger partial charge in [0, 0.05) is 102 Å². The van der Waals surface area contributed by atoms with Crippen molar-refractivity contribution in [3.63, 3.8) is 0 Å². The van der Waals surface area contributed by atoms with Crippen LogP contribution in [0.15, 0.2) is 176 Å². The molecule has 0 bridgehead atoms. The van der Waals surface area contributed by atoms with E-state index >= 15 is 0 Å². The third kappa shape index (κ3) is 17.4. The van der Waals surface area contributed by atoms with E-state index in [9.17, 15) is 31.5 Å². The number of nitrogens with one attached hydrogen (secondary N) is 8. The van der Waals surface area contributed by atoms with Gasteiger partial charge in [0.15, 0.2) is 32.9 Å². The Morgan fingerprint density at radius 1 is 0.529 bits per heavy atom. The number of hydrogen-bond acceptors (Lipinski definition) is 21. The number of hydrogen-bond donors (Lipinski definition) is 8. The van der Waals surface area contributed by atoms with Gasteiger partial charge >= 0.3 is 6.18 Å². The molecule has 7 aromatic heterocycles. The summed E-state index contributed by atoms with van der Waals surface area (Å²) in [6, 6.07) is 42.4. The highest BCUT2D eigenvalue weighted by Crippen LogP contribution is 2.50. The molecule has 4 aromatic carbocycles. The lowest BCUT2D eigenvalue weighted by Crippen LogP contribution is -2.60. The number of aryl methyl sites for hydroxylation is 3. The van der Waals surface area contributed by atoms with Gasteiger partial charge in [0.05, 0.1) is 36.8 Å². The van der Waals surface area contributed by atoms with E-state index in [-0.39, 0.29) is 45.0 Å². The number of carbonyl (C=O) groups excluding carboxylic acids is 2. The van der Waals surface area contributed by atoms with Crippen LogP contribution in [-0.4, -0.2) is 141 Å². The Morgan fingerprint density at radius 3 is 1.44 bits per heavy atom. The van der Waals surface area contributed by atoms with Crippen LogP contribution in [0.5, 0.6) is 0 Å². The zero-order valence-corrected chi connectivity index (χ0v) is 58.3. The largest absolute Gasteiger partial charge is 0.405 e. The Balaban J connectivity index is 0.000000199. The Bertz CT molecular complexity index is 4860. The van der Waals surface area contributed by atoms with Crippen molar-refractivity contribution in [2.45, 2.75) is 101 Å². The normalized spacial score (nSPS) is 15.7. The van der Waals surface area contributed by atoms with Crippen molar-refractivity contribution >= 4 is 128 Å². The minimum absolute atomic E-state index is 0. The van der Waals surface area contributed by atoms with Crippen LogP contribution >= 0.6 is 46.9 Å². The summed E-state index contributed by atoms with van der Waals surface area (Å²) in [6.45, 7) is 7.67. The minimum atomic E-state index is -4.48. The van der Waals surface area contributed by atoms with Crippen molar-refractivity contribution in [2.24, 2.45) is 11.8 Å². The fraction of sp³-hybridized carbons (Fsp3) is 0.286. The molecule has 2 saturated carbocycles. The molecule has 5 fully saturated rings. The van der Waals surface area contributed by atoms with Crippen LogP contribution in [0.1, 0.15) is 78.5 Å². The second-order valence-electron chi connectivity index (χ2n) is 25.5. The van der Waals surface area contributed by atoms with Crippen LogP contribution < -0.4 is 41.3 Å². The van der Waals surface area contributed by atoms with Gasteiger partial charge in [-0.15, -0.1) is 0 Å². The van der Waals surface area contributed by atoms with Crippen LogP contribution in [0.2, 0.25) is 5.02 Å². The number of anilines is 10. The molecule has 0 atom stereocenters. The molecule has 5 aliphatic rings. The van der Waals surface area contributed by atoms with Crippen LogP contribution in [-0.2, 0) is 0 Å². The monoisotopic (exact) mass is 1470 g/mol. The number of halogens is 6. The maximum atomic E-state index is 15.0. The fourth-order valence-electron chi connectivity index (χ4n) is 11.5. The molecule has 0 unspecified atom stereocenters. The van der Waals surface area contributed by atoms with E-state index in [1.165, 1.54) is 58.2 Å². The Hall–Kier alpha value is -10.1. The highest BCUT2D eigenvalue weighted by molar-refractivity contribution is 7.99. The van der Waals surface area contributed by atoms with E-state index in [4.69, 9.17) is 26.6 Å². The quantitative estimate of drug-likeness (QED) is 0.0245. The number of pyridine rings is 1. The molecule has 0 spiro atoms. The summed E-state index contributed by atoms with van der Waals surface area (Å²) in [5.74, 6) is 5.61. The average Bonchev–Trinajstić information content (AvgIpc) is 1.53. The van der Waals surface area contributed by atoms with E-state index < -0.39 is 30.0 Å². The molecule has 23 nitrogen and oxygen atoms in total. The number of amides is 2. The summed E-state index contributed by atoms with van der Waals surface area (Å²) >= 11 is 10.2. The standard InChI is InChI=1S/C24H23FN6S.C23H21ClN8OS.C23H23F4N7OS.6H2/c1-15-10-21(30-29-15)26-20-12-22(31-13-24(25,14-31)18-7-8-18)28-23(27-20)32-19-9-6-16-4-2-3-5-17(16)11-19;1-14-11-20(31-30-14)26-19-12-21(32-9-4-10-32)29-23(28-19)34-15-7-8-18(25-13-15)27-22(33)16-5-2-3-6-17(16)24;1-13-8-18(33-32-13)29-17-9-19(34-11-22(24,12-34)15-4-5-15)31-21(30-17)36-16-6-2-14(3-7-16)20(35)28-10-23(25,26)27;;;;;;/h2-6,9-12,18H,7-8,13-14H2,1H3,(H2,26,27,28,29,30);2-3,5-8,11-13H,4,9-10H2,1H3,(H,25,27,33)(H2,26,28,29,30,31);2-3,6-9,15H,4-5,10-12H2,1H3,(H,28,35)(H2,29,30,31,32,33);6*1H. The van der Waals surface area contributed by atoms with E-state index in [2.05, 4.69) is 107 Å². The van der Waals surface area contributed by atoms with Gasteiger partial charge in [0.25, 0.3) is 11.8 Å². The number of rotatable bonds is 21. The first-order valence-corrected chi connectivity index (χ1v) is 35.6. The first kappa shape index (κ1) is 69.0. The molecule has 102 heavy (non-hydrogen) atoms. The van der Waals surface area contributed by atoms with Gasteiger partial charge in [-0.2, -0.15) is 28.5 Å². The van der Waals surface area contributed by atoms with Gasteiger partial charge in [0.2, 0.25) is 0 Å². The molecule has 11 aromatic rings. The third-order valence-electron chi connectivity index (χ3n) is 17.2. The van der Waals surface area contributed by atoms with E-state index in [1.807, 2.05) is 84.4 Å². The predicted molar refractivity (Wildman–Crippen MR) is 398 cm³/mol. The SMILES string of the molecule is Cc1cc(Nc2cc(N3CC(F)(C4CC4)C3)nc(Sc3ccc(C(=O)NCC(F)(F)F)cc3)n2)n[nH]1.Cc1cc(Nc2cc(N3CC(F)(C4CC4)C3)nc(Sc3ccc4ccccc4c3)n2)n[nH]1.Cc1cc(Nc2cc(N3CCC3)nc(Sc3ccc(NC(=O)c4ccccc4Cl)nc3)n2)n[nH]1.[HH].[HH].[HH].[HH].[HH].[HH]. The lowest BCUT2D eigenvalue weighted by Gasteiger charge is -2.45.